The maximum Gasteiger partial charge on any atom is 0.314 e. The van der Waals surface area contributed by atoms with Crippen molar-refractivity contribution in [2.24, 2.45) is 0 Å². The molecule has 0 fully saturated rings. The first kappa shape index (κ1) is 11.6. The quantitative estimate of drug-likeness (QED) is 0.811. The van der Waals surface area contributed by atoms with Crippen molar-refractivity contribution >= 4 is 6.03 Å². The van der Waals surface area contributed by atoms with E-state index in [4.69, 9.17) is 9.47 Å². The van der Waals surface area contributed by atoms with Gasteiger partial charge in [0.05, 0.1) is 0 Å². The summed E-state index contributed by atoms with van der Waals surface area (Å²) in [6, 6.07) is 3.66. The Morgan fingerprint density at radius 1 is 1.29 bits per heavy atom. The summed E-state index contributed by atoms with van der Waals surface area (Å²) in [6.45, 7) is 3.61. The fourth-order valence-electron chi connectivity index (χ4n) is 1.69. The lowest BCUT2D eigenvalue weighted by molar-refractivity contribution is 0.171. The van der Waals surface area contributed by atoms with Crippen LogP contribution in [0.5, 0.6) is 11.5 Å². The molecule has 1 aliphatic heterocycles. The van der Waals surface area contributed by atoms with E-state index >= 15 is 0 Å². The fraction of sp³-hybridized carbons (Fsp3) is 0.417. The van der Waals surface area contributed by atoms with Gasteiger partial charge in [-0.05, 0) is 30.2 Å². The van der Waals surface area contributed by atoms with E-state index in [-0.39, 0.29) is 6.03 Å². The predicted molar refractivity (Wildman–Crippen MR) is 63.5 cm³/mol. The Morgan fingerprint density at radius 2 is 1.94 bits per heavy atom. The van der Waals surface area contributed by atoms with Crippen LogP contribution < -0.4 is 20.1 Å². The number of urea groups is 1. The van der Waals surface area contributed by atoms with Gasteiger partial charge in [0.15, 0.2) is 11.5 Å². The van der Waals surface area contributed by atoms with Gasteiger partial charge in [0.1, 0.15) is 13.2 Å². The zero-order chi connectivity index (χ0) is 12.3. The lowest BCUT2D eigenvalue weighted by Gasteiger charge is -2.20. The molecule has 0 aromatic heterocycles. The smallest absolute Gasteiger partial charge is 0.314 e. The fourth-order valence-corrected chi connectivity index (χ4v) is 1.69. The molecule has 2 rings (SSSR count). The first-order valence-electron chi connectivity index (χ1n) is 5.55. The summed E-state index contributed by atoms with van der Waals surface area (Å²) >= 11 is 0. The van der Waals surface area contributed by atoms with Crippen LogP contribution in [-0.2, 0) is 6.54 Å². The monoisotopic (exact) mass is 236 g/mol. The topological polar surface area (TPSA) is 59.6 Å². The maximum absolute atomic E-state index is 11.1. The summed E-state index contributed by atoms with van der Waals surface area (Å²) in [6.07, 6.45) is 0. The van der Waals surface area contributed by atoms with Crippen LogP contribution in [0.15, 0.2) is 12.1 Å². The minimum absolute atomic E-state index is 0.195. The Hall–Kier alpha value is -1.91. The predicted octanol–water partition coefficient (Wildman–Crippen LogP) is 1.20. The van der Waals surface area contributed by atoms with E-state index in [1.54, 1.807) is 7.05 Å². The molecule has 0 aliphatic carbocycles. The molecule has 1 aliphatic rings. The van der Waals surface area contributed by atoms with Gasteiger partial charge in [-0.15, -0.1) is 0 Å². The van der Waals surface area contributed by atoms with Gasteiger partial charge in [0.25, 0.3) is 0 Å². The zero-order valence-electron chi connectivity index (χ0n) is 10.0. The Balaban J connectivity index is 2.14. The second-order valence-electron chi connectivity index (χ2n) is 3.86. The van der Waals surface area contributed by atoms with Gasteiger partial charge in [-0.25, -0.2) is 4.79 Å². The van der Waals surface area contributed by atoms with Gasteiger partial charge < -0.3 is 20.1 Å². The molecule has 1 aromatic carbocycles. The molecular formula is C12H16N2O3. The highest BCUT2D eigenvalue weighted by Gasteiger charge is 2.14. The number of nitrogens with one attached hydrogen (secondary N) is 2. The van der Waals surface area contributed by atoms with Crippen LogP contribution >= 0.6 is 0 Å². The van der Waals surface area contributed by atoms with Crippen LogP contribution in [0.1, 0.15) is 11.1 Å². The van der Waals surface area contributed by atoms with Crippen molar-refractivity contribution < 1.29 is 14.3 Å². The molecule has 0 unspecified atom stereocenters. The second kappa shape index (κ2) is 4.95. The number of amides is 2. The van der Waals surface area contributed by atoms with Gasteiger partial charge in [-0.3, -0.25) is 0 Å². The third kappa shape index (κ3) is 2.61. The number of ether oxygens (including phenoxy) is 2. The molecule has 1 heterocycles. The number of carbonyl (C=O) groups is 1. The Labute approximate surface area is 100 Å². The Bertz CT molecular complexity index is 432. The first-order valence-corrected chi connectivity index (χ1v) is 5.55. The van der Waals surface area contributed by atoms with Crippen molar-refractivity contribution in [2.75, 3.05) is 20.3 Å². The summed E-state index contributed by atoms with van der Waals surface area (Å²) in [5.41, 5.74) is 2.10. The van der Waals surface area contributed by atoms with Crippen molar-refractivity contribution in [3.63, 3.8) is 0 Å². The maximum atomic E-state index is 11.1. The number of fused-ring (bicyclic) bond motifs is 1. The standard InChI is InChI=1S/C12H16N2O3/c1-8-5-10-11(17-4-3-16-10)6-9(8)7-14-12(15)13-2/h5-6H,3-4,7H2,1-2H3,(H2,13,14,15). The molecule has 0 saturated heterocycles. The Morgan fingerprint density at radius 3 is 2.59 bits per heavy atom. The molecular weight excluding hydrogens is 220 g/mol. The Kier molecular flexibility index (Phi) is 3.37. The third-order valence-electron chi connectivity index (χ3n) is 2.67. The van der Waals surface area contributed by atoms with Crippen molar-refractivity contribution in [1.29, 1.82) is 0 Å². The molecule has 0 bridgehead atoms. The molecule has 0 saturated carbocycles. The summed E-state index contributed by atoms with van der Waals surface area (Å²) in [5.74, 6) is 1.52. The molecule has 5 heteroatoms. The normalized spacial score (nSPS) is 13.1. The van der Waals surface area contributed by atoms with E-state index in [0.717, 1.165) is 22.6 Å². The number of aryl methyl sites for hydroxylation is 1. The van der Waals surface area contributed by atoms with Crippen LogP contribution in [0.4, 0.5) is 4.79 Å². The van der Waals surface area contributed by atoms with Crippen LogP contribution in [0.25, 0.3) is 0 Å². The SMILES string of the molecule is CNC(=O)NCc1cc2c(cc1C)OCCO2. The van der Waals surface area contributed by atoms with E-state index < -0.39 is 0 Å². The average molecular weight is 236 g/mol. The van der Waals surface area contributed by atoms with Crippen molar-refractivity contribution in [1.82, 2.24) is 10.6 Å². The van der Waals surface area contributed by atoms with E-state index in [2.05, 4.69) is 10.6 Å². The van der Waals surface area contributed by atoms with Crippen LogP contribution in [0.2, 0.25) is 0 Å². The molecule has 5 nitrogen and oxygen atoms in total. The molecule has 2 N–H and O–H groups in total. The largest absolute Gasteiger partial charge is 0.486 e. The second-order valence-corrected chi connectivity index (χ2v) is 3.86. The lowest BCUT2D eigenvalue weighted by atomic mass is 10.1. The van der Waals surface area contributed by atoms with Gasteiger partial charge in [0, 0.05) is 13.6 Å². The van der Waals surface area contributed by atoms with Crippen molar-refractivity contribution in [2.45, 2.75) is 13.5 Å². The average Bonchev–Trinajstić information content (AvgIpc) is 2.35. The minimum Gasteiger partial charge on any atom is -0.486 e. The van der Waals surface area contributed by atoms with E-state index in [9.17, 15) is 4.79 Å². The number of hydrogen-bond donors (Lipinski definition) is 2. The summed E-state index contributed by atoms with van der Waals surface area (Å²) in [7, 11) is 1.59. The van der Waals surface area contributed by atoms with E-state index in [1.165, 1.54) is 0 Å². The van der Waals surface area contributed by atoms with Gasteiger partial charge >= 0.3 is 6.03 Å². The third-order valence-corrected chi connectivity index (χ3v) is 2.67. The van der Waals surface area contributed by atoms with Gasteiger partial charge in [-0.1, -0.05) is 0 Å². The summed E-state index contributed by atoms with van der Waals surface area (Å²) in [4.78, 5) is 11.1. The van der Waals surface area contributed by atoms with Gasteiger partial charge in [-0.2, -0.15) is 0 Å². The molecule has 2 amide bonds. The number of benzene rings is 1. The number of rotatable bonds is 2. The summed E-state index contributed by atoms with van der Waals surface area (Å²) in [5, 5.41) is 5.26. The van der Waals surface area contributed by atoms with E-state index in [1.807, 2.05) is 19.1 Å². The number of carbonyl (C=O) groups excluding carboxylic acids is 1. The molecule has 1 aromatic rings. The highest BCUT2D eigenvalue weighted by atomic mass is 16.6. The highest BCUT2D eigenvalue weighted by molar-refractivity contribution is 5.73. The van der Waals surface area contributed by atoms with Crippen LogP contribution in [0, 0.1) is 6.92 Å². The lowest BCUT2D eigenvalue weighted by Crippen LogP contribution is -2.32. The first-order chi connectivity index (χ1) is 8.20. The molecule has 0 spiro atoms. The van der Waals surface area contributed by atoms with Crippen molar-refractivity contribution in [3.8, 4) is 11.5 Å². The minimum atomic E-state index is -0.195. The highest BCUT2D eigenvalue weighted by Crippen LogP contribution is 2.32. The number of hydrogen-bond acceptors (Lipinski definition) is 3. The zero-order valence-corrected chi connectivity index (χ0v) is 10.0. The van der Waals surface area contributed by atoms with Crippen molar-refractivity contribution in [3.05, 3.63) is 23.3 Å². The summed E-state index contributed by atoms with van der Waals surface area (Å²) < 4.78 is 11.0. The van der Waals surface area contributed by atoms with Crippen LogP contribution in [-0.4, -0.2) is 26.3 Å². The van der Waals surface area contributed by atoms with Gasteiger partial charge in [0.2, 0.25) is 0 Å². The molecule has 92 valence electrons. The van der Waals surface area contributed by atoms with Crippen LogP contribution in [0.3, 0.4) is 0 Å². The molecule has 0 atom stereocenters. The molecule has 17 heavy (non-hydrogen) atoms. The van der Waals surface area contributed by atoms with E-state index in [0.29, 0.717) is 19.8 Å². The molecule has 0 radical (unpaired) electrons.